The Morgan fingerprint density at radius 3 is 2.23 bits per heavy atom. The van der Waals surface area contributed by atoms with E-state index < -0.39 is 0 Å². The fraction of sp³-hybridized carbons (Fsp3) is 0.692. The zero-order chi connectivity index (χ0) is 14.8. The molecule has 8 nitrogen and oxygen atoms in total. The molecule has 0 aromatic rings. The Hall–Kier alpha value is -1.39. The van der Waals surface area contributed by atoms with Gasteiger partial charge in [-0.3, -0.25) is 9.98 Å². The number of guanidine groups is 2. The van der Waals surface area contributed by atoms with Crippen LogP contribution in [-0.4, -0.2) is 50.0 Å². The monoisotopic (exact) mass is 420 g/mol. The first kappa shape index (κ1) is 18.7. The summed E-state index contributed by atoms with van der Waals surface area (Å²) in [6, 6.07) is 0. The molecule has 0 bridgehead atoms. The van der Waals surface area contributed by atoms with Crippen molar-refractivity contribution in [3.8, 4) is 0 Å². The Morgan fingerprint density at radius 1 is 1.00 bits per heavy atom. The zero-order valence-corrected chi connectivity index (χ0v) is 15.3. The van der Waals surface area contributed by atoms with E-state index in [-0.39, 0.29) is 24.0 Å². The van der Waals surface area contributed by atoms with Crippen LogP contribution in [0.5, 0.6) is 0 Å². The van der Waals surface area contributed by atoms with Gasteiger partial charge < -0.3 is 10.6 Å². The topological polar surface area (TPSA) is 97.6 Å². The number of halogens is 1. The van der Waals surface area contributed by atoms with Gasteiger partial charge in [0.1, 0.15) is 0 Å². The number of hydrazone groups is 2. The van der Waals surface area contributed by atoms with Gasteiger partial charge in [0.15, 0.2) is 0 Å². The molecule has 0 aromatic heterocycles. The van der Waals surface area contributed by atoms with Gasteiger partial charge in [-0.2, -0.15) is 10.2 Å². The van der Waals surface area contributed by atoms with Crippen molar-refractivity contribution in [3.63, 3.8) is 0 Å². The minimum atomic E-state index is 0. The molecular weight excluding hydrogens is 395 g/mol. The van der Waals surface area contributed by atoms with Crippen molar-refractivity contribution < 1.29 is 0 Å². The molecule has 2 aliphatic heterocycles. The van der Waals surface area contributed by atoms with E-state index in [1.165, 1.54) is 0 Å². The second-order valence-corrected chi connectivity index (χ2v) is 4.96. The predicted octanol–water partition coefficient (Wildman–Crippen LogP) is 0.624. The average molecular weight is 420 g/mol. The van der Waals surface area contributed by atoms with E-state index in [0.717, 1.165) is 69.5 Å². The fourth-order valence-corrected chi connectivity index (χ4v) is 1.89. The highest BCUT2D eigenvalue weighted by Gasteiger charge is 2.02. The predicted molar refractivity (Wildman–Crippen MR) is 102 cm³/mol. The molecule has 4 N–H and O–H groups in total. The summed E-state index contributed by atoms with van der Waals surface area (Å²) in [5, 5.41) is 14.7. The highest BCUT2D eigenvalue weighted by atomic mass is 127. The Bertz CT molecular complexity index is 443. The zero-order valence-electron chi connectivity index (χ0n) is 12.9. The summed E-state index contributed by atoms with van der Waals surface area (Å²) in [6.07, 6.45) is 6.15. The van der Waals surface area contributed by atoms with Crippen molar-refractivity contribution in [1.29, 1.82) is 0 Å². The summed E-state index contributed by atoms with van der Waals surface area (Å²) in [7, 11) is 0. The van der Waals surface area contributed by atoms with Gasteiger partial charge in [-0.25, -0.2) is 10.9 Å². The van der Waals surface area contributed by atoms with Crippen molar-refractivity contribution >= 4 is 47.8 Å². The maximum Gasteiger partial charge on any atom is 0.212 e. The van der Waals surface area contributed by atoms with Gasteiger partial charge in [0.2, 0.25) is 11.9 Å². The molecule has 0 radical (unpaired) electrons. The van der Waals surface area contributed by atoms with Crippen molar-refractivity contribution in [2.45, 2.75) is 32.6 Å². The summed E-state index contributed by atoms with van der Waals surface area (Å²) in [6.45, 7) is 5.41. The third kappa shape index (κ3) is 7.57. The Kier molecular flexibility index (Phi) is 9.51. The molecular formula is C13H25IN8. The van der Waals surface area contributed by atoms with Crippen LogP contribution >= 0.6 is 24.0 Å². The SMILES string of the molecule is CC(/C=N/NC1=NCCCCN1)=N\NC1=NCCCCN1.I. The molecule has 0 spiro atoms. The van der Waals surface area contributed by atoms with Crippen molar-refractivity contribution in [2.75, 3.05) is 26.2 Å². The molecule has 0 amide bonds. The first-order valence-electron chi connectivity index (χ1n) is 7.50. The second-order valence-electron chi connectivity index (χ2n) is 4.96. The smallest absolute Gasteiger partial charge is 0.212 e. The van der Waals surface area contributed by atoms with Gasteiger partial charge in [-0.05, 0) is 32.6 Å². The van der Waals surface area contributed by atoms with Gasteiger partial charge in [-0.1, -0.05) is 0 Å². The maximum atomic E-state index is 4.36. The molecule has 0 fully saturated rings. The third-order valence-electron chi connectivity index (χ3n) is 3.05. The first-order valence-corrected chi connectivity index (χ1v) is 7.50. The lowest BCUT2D eigenvalue weighted by molar-refractivity contribution is 0.744. The molecule has 0 saturated carbocycles. The van der Waals surface area contributed by atoms with Crippen LogP contribution in [0, 0.1) is 0 Å². The third-order valence-corrected chi connectivity index (χ3v) is 3.05. The van der Waals surface area contributed by atoms with Crippen molar-refractivity contribution in [2.24, 2.45) is 20.2 Å². The Labute approximate surface area is 148 Å². The lowest BCUT2D eigenvalue weighted by atomic mass is 10.3. The van der Waals surface area contributed by atoms with Crippen molar-refractivity contribution in [3.05, 3.63) is 0 Å². The van der Waals surface area contributed by atoms with E-state index in [0.29, 0.717) is 0 Å². The Balaban J connectivity index is 0.00000242. The summed E-state index contributed by atoms with van der Waals surface area (Å²) in [4.78, 5) is 8.70. The van der Waals surface area contributed by atoms with Crippen LogP contribution in [0.1, 0.15) is 32.6 Å². The summed E-state index contributed by atoms with van der Waals surface area (Å²) in [5.41, 5.74) is 6.57. The van der Waals surface area contributed by atoms with Gasteiger partial charge in [0, 0.05) is 26.2 Å². The van der Waals surface area contributed by atoms with Gasteiger partial charge >= 0.3 is 0 Å². The van der Waals surface area contributed by atoms with E-state index in [4.69, 9.17) is 0 Å². The lowest BCUT2D eigenvalue weighted by Crippen LogP contribution is -2.35. The molecule has 2 rings (SSSR count). The largest absolute Gasteiger partial charge is 0.355 e. The van der Waals surface area contributed by atoms with E-state index in [1.54, 1.807) is 6.21 Å². The molecule has 2 heterocycles. The van der Waals surface area contributed by atoms with Crippen LogP contribution in [0.2, 0.25) is 0 Å². The molecule has 0 saturated heterocycles. The van der Waals surface area contributed by atoms with E-state index in [1.807, 2.05) is 6.92 Å². The minimum Gasteiger partial charge on any atom is -0.355 e. The van der Waals surface area contributed by atoms with E-state index in [2.05, 4.69) is 41.7 Å². The van der Waals surface area contributed by atoms with Crippen LogP contribution < -0.4 is 21.5 Å². The van der Waals surface area contributed by atoms with Crippen LogP contribution in [0.3, 0.4) is 0 Å². The van der Waals surface area contributed by atoms with Gasteiger partial charge in [-0.15, -0.1) is 24.0 Å². The fourth-order valence-electron chi connectivity index (χ4n) is 1.89. The number of rotatable bonds is 3. The minimum absolute atomic E-state index is 0. The van der Waals surface area contributed by atoms with Crippen molar-refractivity contribution in [1.82, 2.24) is 21.5 Å². The van der Waals surface area contributed by atoms with E-state index >= 15 is 0 Å². The second kappa shape index (κ2) is 11.2. The number of hydrogen-bond acceptors (Lipinski definition) is 8. The molecule has 9 heteroatoms. The maximum absolute atomic E-state index is 4.36. The number of aliphatic imine (C=N–C) groups is 2. The average Bonchev–Trinajstić information content (AvgIpc) is 2.90. The summed E-state index contributed by atoms with van der Waals surface area (Å²) in [5.74, 6) is 1.45. The highest BCUT2D eigenvalue weighted by Crippen LogP contribution is 1.93. The molecule has 0 aromatic carbocycles. The molecule has 2 aliphatic rings. The summed E-state index contributed by atoms with van der Waals surface area (Å²) >= 11 is 0. The standard InChI is InChI=1S/C13H24N8.HI/c1-11(19-21-13-16-8-4-5-9-17-13)10-18-20-12-14-6-2-3-7-15-12;/h10H,2-9H2,1H3,(H2,14,15,20)(H2,16,17,21);1H/b18-10+,19-11+;. The normalized spacial score (nSPS) is 19.6. The number of nitrogens with one attached hydrogen (secondary N) is 4. The van der Waals surface area contributed by atoms with Crippen LogP contribution in [0.4, 0.5) is 0 Å². The van der Waals surface area contributed by atoms with Gasteiger partial charge in [0.25, 0.3) is 0 Å². The van der Waals surface area contributed by atoms with Gasteiger partial charge in [0.05, 0.1) is 11.9 Å². The molecule has 0 aliphatic carbocycles. The first-order chi connectivity index (χ1) is 10.3. The molecule has 0 atom stereocenters. The molecule has 0 unspecified atom stereocenters. The lowest BCUT2D eigenvalue weighted by Gasteiger charge is -2.06. The Morgan fingerprint density at radius 2 is 1.59 bits per heavy atom. The van der Waals surface area contributed by atoms with E-state index in [9.17, 15) is 0 Å². The van der Waals surface area contributed by atoms with Crippen LogP contribution in [0.15, 0.2) is 20.2 Å². The number of hydrogen-bond donors (Lipinski definition) is 4. The van der Waals surface area contributed by atoms with Crippen LogP contribution in [0.25, 0.3) is 0 Å². The number of nitrogens with zero attached hydrogens (tertiary/aromatic N) is 4. The molecule has 124 valence electrons. The van der Waals surface area contributed by atoms with Crippen LogP contribution in [-0.2, 0) is 0 Å². The quantitative estimate of drug-likeness (QED) is 0.306. The molecule has 22 heavy (non-hydrogen) atoms. The highest BCUT2D eigenvalue weighted by molar-refractivity contribution is 14.0. The summed E-state index contributed by atoms with van der Waals surface area (Å²) < 4.78 is 0.